The Morgan fingerprint density at radius 1 is 1.37 bits per heavy atom. The Balaban J connectivity index is 2.13. The monoisotopic (exact) mass is 317 g/mol. The van der Waals surface area contributed by atoms with Gasteiger partial charge < -0.3 is 10.5 Å². The fourth-order valence-corrected chi connectivity index (χ4v) is 2.14. The minimum Gasteiger partial charge on any atom is -0.488 e. The first-order chi connectivity index (χ1) is 9.24. The van der Waals surface area contributed by atoms with Gasteiger partial charge in [0.05, 0.1) is 4.47 Å². The van der Waals surface area contributed by atoms with Crippen LogP contribution in [0.5, 0.6) is 5.75 Å². The van der Waals surface area contributed by atoms with Gasteiger partial charge in [-0.15, -0.1) is 0 Å². The minimum absolute atomic E-state index is 0.303. The van der Waals surface area contributed by atoms with Crippen molar-refractivity contribution in [3.8, 4) is 11.8 Å². The molecule has 4 nitrogen and oxygen atoms in total. The summed E-state index contributed by atoms with van der Waals surface area (Å²) in [4.78, 5) is 3.99. The first kappa shape index (κ1) is 13.5. The predicted molar refractivity (Wildman–Crippen MR) is 75.3 cm³/mol. The summed E-state index contributed by atoms with van der Waals surface area (Å²) in [6.45, 7) is 0.789. The molecule has 0 saturated heterocycles. The average Bonchev–Trinajstić information content (AvgIpc) is 2.46. The first-order valence-electron chi connectivity index (χ1n) is 5.70. The number of nitrogens with zero attached hydrogens (tertiary/aromatic N) is 2. The maximum absolute atomic E-state index is 8.95. The summed E-state index contributed by atoms with van der Waals surface area (Å²) in [6, 6.07) is 11.3. The summed E-state index contributed by atoms with van der Waals surface area (Å²) in [5.74, 6) is 0.713. The number of ether oxygens (including phenoxy) is 1. The lowest BCUT2D eigenvalue weighted by Gasteiger charge is -2.09. The fraction of sp³-hybridized carbons (Fsp3) is 0.143. The Bertz CT molecular complexity index is 622. The van der Waals surface area contributed by atoms with Gasteiger partial charge in [-0.25, -0.2) is 4.98 Å². The van der Waals surface area contributed by atoms with Gasteiger partial charge in [-0.1, -0.05) is 12.1 Å². The molecule has 96 valence electrons. The molecule has 1 aromatic carbocycles. The molecule has 0 atom stereocenters. The number of nitriles is 1. The number of hydrogen-bond donors (Lipinski definition) is 1. The molecule has 0 aliphatic heterocycles. The van der Waals surface area contributed by atoms with E-state index in [1.807, 2.05) is 30.3 Å². The average molecular weight is 318 g/mol. The summed E-state index contributed by atoms with van der Waals surface area (Å²) in [5.41, 5.74) is 7.74. The van der Waals surface area contributed by atoms with Gasteiger partial charge >= 0.3 is 0 Å². The molecular formula is C14H12BrN3O. The highest BCUT2D eigenvalue weighted by Crippen LogP contribution is 2.26. The lowest BCUT2D eigenvalue weighted by molar-refractivity contribution is 0.303. The van der Waals surface area contributed by atoms with Gasteiger partial charge in [-0.3, -0.25) is 0 Å². The van der Waals surface area contributed by atoms with Crippen LogP contribution in [0.1, 0.15) is 16.8 Å². The number of nitrogens with two attached hydrogens (primary N) is 1. The third-order valence-electron chi connectivity index (χ3n) is 2.61. The van der Waals surface area contributed by atoms with Crippen molar-refractivity contribution in [2.75, 3.05) is 0 Å². The zero-order chi connectivity index (χ0) is 13.7. The van der Waals surface area contributed by atoms with Crippen molar-refractivity contribution in [1.29, 1.82) is 5.26 Å². The smallest absolute Gasteiger partial charge is 0.147 e. The van der Waals surface area contributed by atoms with E-state index in [0.29, 0.717) is 24.6 Å². The van der Waals surface area contributed by atoms with Crippen molar-refractivity contribution in [3.05, 3.63) is 57.8 Å². The Morgan fingerprint density at radius 3 is 2.89 bits per heavy atom. The van der Waals surface area contributed by atoms with E-state index in [0.717, 1.165) is 15.6 Å². The number of benzene rings is 1. The van der Waals surface area contributed by atoms with E-state index in [4.69, 9.17) is 15.7 Å². The summed E-state index contributed by atoms with van der Waals surface area (Å²) >= 11 is 3.44. The number of halogens is 1. The van der Waals surface area contributed by atoms with Crippen LogP contribution in [-0.2, 0) is 13.2 Å². The molecule has 0 unspecified atom stereocenters. The van der Waals surface area contributed by atoms with Crippen molar-refractivity contribution in [1.82, 2.24) is 4.98 Å². The highest BCUT2D eigenvalue weighted by Gasteiger charge is 2.06. The minimum atomic E-state index is 0.303. The normalized spacial score (nSPS) is 9.95. The van der Waals surface area contributed by atoms with E-state index < -0.39 is 0 Å². The zero-order valence-corrected chi connectivity index (χ0v) is 11.7. The van der Waals surface area contributed by atoms with Crippen molar-refractivity contribution in [2.24, 2.45) is 5.73 Å². The maximum atomic E-state index is 8.95. The molecule has 2 aromatic rings. The third-order valence-corrected chi connectivity index (χ3v) is 3.23. The molecule has 0 radical (unpaired) electrons. The molecule has 1 heterocycles. The molecule has 0 aliphatic rings. The van der Waals surface area contributed by atoms with E-state index in [2.05, 4.69) is 20.9 Å². The van der Waals surface area contributed by atoms with Gasteiger partial charge in [-0.05, 0) is 39.7 Å². The lowest BCUT2D eigenvalue weighted by Crippen LogP contribution is -2.01. The van der Waals surface area contributed by atoms with Crippen LogP contribution in [0.4, 0.5) is 0 Å². The summed E-state index contributed by atoms with van der Waals surface area (Å²) in [5, 5.41) is 8.95. The van der Waals surface area contributed by atoms with Crippen LogP contribution >= 0.6 is 15.9 Å². The van der Waals surface area contributed by atoms with Crippen LogP contribution in [0.2, 0.25) is 0 Å². The van der Waals surface area contributed by atoms with Crippen molar-refractivity contribution in [2.45, 2.75) is 13.2 Å². The molecule has 0 spiro atoms. The van der Waals surface area contributed by atoms with Gasteiger partial charge in [0.25, 0.3) is 0 Å². The highest BCUT2D eigenvalue weighted by molar-refractivity contribution is 9.10. The Labute approximate surface area is 120 Å². The molecule has 5 heteroatoms. The SMILES string of the molecule is N#Cc1ncccc1COc1ccc(CN)cc1Br. The van der Waals surface area contributed by atoms with Gasteiger partial charge in [0.1, 0.15) is 24.1 Å². The van der Waals surface area contributed by atoms with Crippen LogP contribution in [-0.4, -0.2) is 4.98 Å². The van der Waals surface area contributed by atoms with E-state index in [9.17, 15) is 0 Å². The molecular weight excluding hydrogens is 306 g/mol. The van der Waals surface area contributed by atoms with Gasteiger partial charge in [-0.2, -0.15) is 5.26 Å². The van der Waals surface area contributed by atoms with Crippen LogP contribution in [0.3, 0.4) is 0 Å². The highest BCUT2D eigenvalue weighted by atomic mass is 79.9. The van der Waals surface area contributed by atoms with E-state index in [1.165, 1.54) is 0 Å². The third kappa shape index (κ3) is 3.31. The predicted octanol–water partition coefficient (Wildman–Crippen LogP) is 2.75. The van der Waals surface area contributed by atoms with Crippen molar-refractivity contribution in [3.63, 3.8) is 0 Å². The summed E-state index contributed by atoms with van der Waals surface area (Å²) in [6.07, 6.45) is 1.59. The van der Waals surface area contributed by atoms with Crippen LogP contribution in [0, 0.1) is 11.3 Å². The Hall–Kier alpha value is -1.90. The summed E-state index contributed by atoms with van der Waals surface area (Å²) in [7, 11) is 0. The largest absolute Gasteiger partial charge is 0.488 e. The molecule has 0 fully saturated rings. The first-order valence-corrected chi connectivity index (χ1v) is 6.49. The quantitative estimate of drug-likeness (QED) is 0.941. The standard InChI is InChI=1S/C14H12BrN3O/c15-12-6-10(7-16)3-4-14(12)19-9-11-2-1-5-18-13(11)8-17/h1-6H,7,9,16H2. The molecule has 1 aromatic heterocycles. The summed E-state index contributed by atoms with van der Waals surface area (Å²) < 4.78 is 6.53. The Morgan fingerprint density at radius 2 is 2.21 bits per heavy atom. The van der Waals surface area contributed by atoms with E-state index >= 15 is 0 Å². The molecule has 0 aliphatic carbocycles. The molecule has 0 amide bonds. The molecule has 0 bridgehead atoms. The second-order valence-corrected chi connectivity index (χ2v) is 4.73. The van der Waals surface area contributed by atoms with E-state index in [1.54, 1.807) is 12.3 Å². The molecule has 2 N–H and O–H groups in total. The maximum Gasteiger partial charge on any atom is 0.147 e. The fourth-order valence-electron chi connectivity index (χ4n) is 1.60. The number of rotatable bonds is 4. The number of hydrogen-bond acceptors (Lipinski definition) is 4. The topological polar surface area (TPSA) is 71.9 Å². The van der Waals surface area contributed by atoms with Gasteiger partial charge in [0.2, 0.25) is 0 Å². The van der Waals surface area contributed by atoms with Crippen molar-refractivity contribution >= 4 is 15.9 Å². The second kappa shape index (κ2) is 6.32. The van der Waals surface area contributed by atoms with Gasteiger partial charge in [0.15, 0.2) is 0 Å². The van der Waals surface area contributed by atoms with Crippen LogP contribution < -0.4 is 10.5 Å². The second-order valence-electron chi connectivity index (χ2n) is 3.88. The molecule has 0 saturated carbocycles. The molecule has 19 heavy (non-hydrogen) atoms. The number of aromatic nitrogens is 1. The van der Waals surface area contributed by atoms with Crippen LogP contribution in [0.25, 0.3) is 0 Å². The lowest BCUT2D eigenvalue weighted by atomic mass is 10.2. The zero-order valence-electron chi connectivity index (χ0n) is 10.1. The van der Waals surface area contributed by atoms with Gasteiger partial charge in [0, 0.05) is 18.3 Å². The van der Waals surface area contributed by atoms with Crippen molar-refractivity contribution < 1.29 is 4.74 Å². The number of pyridine rings is 1. The van der Waals surface area contributed by atoms with Crippen LogP contribution in [0.15, 0.2) is 41.0 Å². The van der Waals surface area contributed by atoms with E-state index in [-0.39, 0.29) is 0 Å². The Kier molecular flexibility index (Phi) is 4.50. The molecule has 2 rings (SSSR count).